The van der Waals surface area contributed by atoms with E-state index in [4.69, 9.17) is 9.47 Å². The average molecular weight is 411 g/mol. The molecule has 2 bridgehead atoms. The minimum atomic E-state index is -0.654. The standard InChI is InChI=1S/C24H30N2O4/c1-15-17-12-19-22(2)11-10-18(25-21(28)29-13-16-8-6-5-7-9-16)23(22,3)14-24(17,26(19)4)30-20(15)27/h5-9,18-19H,10-14H2,1-4H3,(H,25,28)/t18-,19-,22+,23+,24+/m0/s1. The van der Waals surface area contributed by atoms with Gasteiger partial charge >= 0.3 is 12.1 Å². The number of piperidine rings is 1. The molecule has 6 nitrogen and oxygen atoms in total. The molecule has 3 fully saturated rings. The predicted molar refractivity (Wildman–Crippen MR) is 111 cm³/mol. The Hall–Kier alpha value is -2.34. The summed E-state index contributed by atoms with van der Waals surface area (Å²) in [6, 6.07) is 9.98. The van der Waals surface area contributed by atoms with Crippen LogP contribution in [-0.4, -0.2) is 41.8 Å². The summed E-state index contributed by atoms with van der Waals surface area (Å²) in [5.74, 6) is -0.202. The third kappa shape index (κ3) is 2.40. The van der Waals surface area contributed by atoms with Gasteiger partial charge in [-0.15, -0.1) is 0 Å². The molecule has 1 spiro atoms. The van der Waals surface area contributed by atoms with Crippen molar-refractivity contribution in [1.29, 1.82) is 0 Å². The van der Waals surface area contributed by atoms with Gasteiger partial charge in [0.1, 0.15) is 6.61 Å². The topological polar surface area (TPSA) is 67.9 Å². The first-order valence-electron chi connectivity index (χ1n) is 10.8. The molecule has 1 amide bonds. The maximum absolute atomic E-state index is 12.6. The molecular formula is C24H30N2O4. The molecule has 5 rings (SSSR count). The first kappa shape index (κ1) is 19.6. The van der Waals surface area contributed by atoms with E-state index in [1.165, 1.54) is 0 Å². The van der Waals surface area contributed by atoms with E-state index in [2.05, 4.69) is 31.1 Å². The second kappa shape index (κ2) is 6.33. The highest BCUT2D eigenvalue weighted by atomic mass is 16.6. The van der Waals surface area contributed by atoms with Crippen LogP contribution in [0.5, 0.6) is 0 Å². The van der Waals surface area contributed by atoms with E-state index in [9.17, 15) is 9.59 Å². The largest absolute Gasteiger partial charge is 0.445 e. The Kier molecular flexibility index (Phi) is 4.14. The van der Waals surface area contributed by atoms with Crippen LogP contribution >= 0.6 is 0 Å². The summed E-state index contributed by atoms with van der Waals surface area (Å²) < 4.78 is 11.5. The Balaban J connectivity index is 1.38. The van der Waals surface area contributed by atoms with Gasteiger partial charge in [0, 0.05) is 35.1 Å². The van der Waals surface area contributed by atoms with Crippen molar-refractivity contribution < 1.29 is 19.1 Å². The van der Waals surface area contributed by atoms with Gasteiger partial charge in [-0.1, -0.05) is 44.2 Å². The minimum Gasteiger partial charge on any atom is -0.445 e. The zero-order chi connectivity index (χ0) is 21.3. The van der Waals surface area contributed by atoms with Gasteiger partial charge in [-0.3, -0.25) is 4.90 Å². The summed E-state index contributed by atoms with van der Waals surface area (Å²) in [5.41, 5.74) is 2.05. The molecule has 0 aromatic heterocycles. The van der Waals surface area contributed by atoms with E-state index < -0.39 is 5.72 Å². The zero-order valence-corrected chi connectivity index (χ0v) is 18.2. The number of esters is 1. The average Bonchev–Trinajstić information content (AvgIpc) is 3.21. The lowest BCUT2D eigenvalue weighted by molar-refractivity contribution is -0.199. The van der Waals surface area contributed by atoms with Crippen molar-refractivity contribution in [2.75, 3.05) is 7.05 Å². The maximum atomic E-state index is 12.6. The molecule has 30 heavy (non-hydrogen) atoms. The number of nitrogens with one attached hydrogen (secondary N) is 1. The molecule has 3 aliphatic heterocycles. The zero-order valence-electron chi connectivity index (χ0n) is 18.2. The molecule has 1 N–H and O–H groups in total. The van der Waals surface area contributed by atoms with Crippen LogP contribution in [0.2, 0.25) is 0 Å². The summed E-state index contributed by atoms with van der Waals surface area (Å²) in [6.45, 7) is 6.75. The first-order chi connectivity index (χ1) is 14.2. The van der Waals surface area contributed by atoms with E-state index in [1.807, 2.05) is 37.3 Å². The molecule has 1 aromatic carbocycles. The second-order valence-corrected chi connectivity index (χ2v) is 9.92. The molecule has 1 aromatic rings. The lowest BCUT2D eigenvalue weighted by Crippen LogP contribution is -2.65. The molecule has 1 saturated carbocycles. The number of carbonyl (C=O) groups is 2. The Morgan fingerprint density at radius 3 is 2.73 bits per heavy atom. The molecule has 0 unspecified atom stereocenters. The van der Waals surface area contributed by atoms with Gasteiger partial charge in [-0.2, -0.15) is 0 Å². The summed E-state index contributed by atoms with van der Waals surface area (Å²) in [7, 11) is 2.09. The third-order valence-electron chi connectivity index (χ3n) is 8.80. The fraction of sp³-hybridized carbons (Fsp3) is 0.583. The molecule has 5 atom stereocenters. The molecule has 6 heteroatoms. The number of fused-ring (bicyclic) bond motifs is 3. The van der Waals surface area contributed by atoms with Crippen LogP contribution in [0.1, 0.15) is 52.0 Å². The molecule has 0 radical (unpaired) electrons. The fourth-order valence-electron chi connectivity index (χ4n) is 6.76. The van der Waals surface area contributed by atoms with Crippen molar-refractivity contribution >= 4 is 12.1 Å². The first-order valence-corrected chi connectivity index (χ1v) is 10.8. The van der Waals surface area contributed by atoms with Crippen molar-refractivity contribution in [2.45, 2.75) is 70.9 Å². The number of nitrogens with zero attached hydrogens (tertiary/aromatic N) is 1. The van der Waals surface area contributed by atoms with E-state index in [0.29, 0.717) is 12.5 Å². The van der Waals surface area contributed by atoms with Gasteiger partial charge in [0.2, 0.25) is 0 Å². The third-order valence-corrected chi connectivity index (χ3v) is 8.80. The maximum Gasteiger partial charge on any atom is 0.407 e. The monoisotopic (exact) mass is 410 g/mol. The summed E-state index contributed by atoms with van der Waals surface area (Å²) in [4.78, 5) is 27.3. The predicted octanol–water partition coefficient (Wildman–Crippen LogP) is 3.77. The summed E-state index contributed by atoms with van der Waals surface area (Å²) in [5, 5.41) is 3.16. The van der Waals surface area contributed by atoms with Crippen LogP contribution in [0.3, 0.4) is 0 Å². The quantitative estimate of drug-likeness (QED) is 0.769. The number of benzene rings is 1. The number of amides is 1. The van der Waals surface area contributed by atoms with E-state index in [-0.39, 0.29) is 35.5 Å². The van der Waals surface area contributed by atoms with Gasteiger partial charge in [0.25, 0.3) is 0 Å². The number of hydrogen-bond acceptors (Lipinski definition) is 5. The molecule has 2 saturated heterocycles. The van der Waals surface area contributed by atoms with Crippen LogP contribution in [0.25, 0.3) is 0 Å². The molecule has 3 heterocycles. The highest BCUT2D eigenvalue weighted by molar-refractivity contribution is 5.92. The van der Waals surface area contributed by atoms with Crippen molar-refractivity contribution in [1.82, 2.24) is 10.2 Å². The number of rotatable bonds is 3. The lowest BCUT2D eigenvalue weighted by Gasteiger charge is -2.58. The Labute approximate surface area is 177 Å². The van der Waals surface area contributed by atoms with Gasteiger partial charge in [0.05, 0.1) is 0 Å². The highest BCUT2D eigenvalue weighted by Crippen LogP contribution is 2.69. The van der Waals surface area contributed by atoms with Gasteiger partial charge in [0.15, 0.2) is 5.72 Å². The van der Waals surface area contributed by atoms with E-state index in [0.717, 1.165) is 36.0 Å². The molecule has 4 aliphatic rings. The summed E-state index contributed by atoms with van der Waals surface area (Å²) >= 11 is 0. The van der Waals surface area contributed by atoms with Crippen molar-refractivity contribution in [2.24, 2.45) is 10.8 Å². The SMILES string of the molecule is CC1=C2C[C@@H]3N(C)[C@]2(C[C@]2(C)[C@@H](NC(=O)OCc4ccccc4)CC[C@]32C)OC1=O. The number of likely N-dealkylation sites (N-methyl/N-ethyl adjacent to an activating group) is 1. The highest BCUT2D eigenvalue weighted by Gasteiger charge is 2.73. The Bertz CT molecular complexity index is 944. The van der Waals surface area contributed by atoms with Crippen LogP contribution in [0.15, 0.2) is 41.5 Å². The minimum absolute atomic E-state index is 0.0159. The smallest absolute Gasteiger partial charge is 0.407 e. The number of ether oxygens (including phenoxy) is 2. The molecule has 160 valence electrons. The molecular weight excluding hydrogens is 380 g/mol. The van der Waals surface area contributed by atoms with E-state index >= 15 is 0 Å². The summed E-state index contributed by atoms with van der Waals surface area (Å²) in [6.07, 6.45) is 3.11. The normalized spacial score (nSPS) is 39.5. The number of hydrogen-bond donors (Lipinski definition) is 1. The van der Waals surface area contributed by atoms with Crippen molar-refractivity contribution in [3.63, 3.8) is 0 Å². The van der Waals surface area contributed by atoms with Crippen LogP contribution in [-0.2, 0) is 20.9 Å². The van der Waals surface area contributed by atoms with Gasteiger partial charge < -0.3 is 14.8 Å². The number of carbonyl (C=O) groups excluding carboxylic acids is 2. The Morgan fingerprint density at radius 1 is 1.27 bits per heavy atom. The molecule has 1 aliphatic carbocycles. The van der Waals surface area contributed by atoms with Crippen molar-refractivity contribution in [3.05, 3.63) is 47.0 Å². The van der Waals surface area contributed by atoms with Crippen LogP contribution in [0.4, 0.5) is 4.79 Å². The fourth-order valence-corrected chi connectivity index (χ4v) is 6.76. The van der Waals surface area contributed by atoms with Gasteiger partial charge in [-0.05, 0) is 44.2 Å². The number of alkyl carbamates (subject to hydrolysis) is 1. The van der Waals surface area contributed by atoms with E-state index in [1.54, 1.807) is 0 Å². The van der Waals surface area contributed by atoms with Crippen molar-refractivity contribution in [3.8, 4) is 0 Å². The Morgan fingerprint density at radius 2 is 2.00 bits per heavy atom. The van der Waals surface area contributed by atoms with Gasteiger partial charge in [-0.25, -0.2) is 9.59 Å². The second-order valence-electron chi connectivity index (χ2n) is 9.92. The van der Waals surface area contributed by atoms with Crippen LogP contribution < -0.4 is 5.32 Å². The van der Waals surface area contributed by atoms with Crippen LogP contribution in [0, 0.1) is 10.8 Å². The lowest BCUT2D eigenvalue weighted by atomic mass is 9.58.